The molecule has 0 spiro atoms. The quantitative estimate of drug-likeness (QED) is 0.709. The molecule has 18 heavy (non-hydrogen) atoms. The smallest absolute Gasteiger partial charge is 0.322 e. The average molecular weight is 258 g/mol. The summed E-state index contributed by atoms with van der Waals surface area (Å²) in [6.45, 7) is 10.4. The van der Waals surface area contributed by atoms with Crippen LogP contribution >= 0.6 is 0 Å². The van der Waals surface area contributed by atoms with Crippen LogP contribution in [-0.4, -0.2) is 62.4 Å². The van der Waals surface area contributed by atoms with Crippen LogP contribution in [0.4, 0.5) is 0 Å². The summed E-state index contributed by atoms with van der Waals surface area (Å²) in [5, 5.41) is 3.17. The van der Waals surface area contributed by atoms with Gasteiger partial charge in [0.05, 0.1) is 20.3 Å². The van der Waals surface area contributed by atoms with Crippen molar-refractivity contribution in [1.29, 1.82) is 0 Å². The lowest BCUT2D eigenvalue weighted by Gasteiger charge is -2.42. The summed E-state index contributed by atoms with van der Waals surface area (Å²) in [6, 6.07) is -0.210. The Morgan fingerprint density at radius 1 is 1.56 bits per heavy atom. The maximum Gasteiger partial charge on any atom is 0.322 e. The molecule has 0 aliphatic carbocycles. The van der Waals surface area contributed by atoms with Crippen molar-refractivity contribution in [3.05, 3.63) is 0 Å². The molecule has 1 N–H and O–H groups in total. The van der Waals surface area contributed by atoms with Crippen LogP contribution in [0.25, 0.3) is 0 Å². The van der Waals surface area contributed by atoms with Crippen LogP contribution in [0, 0.1) is 0 Å². The Bertz CT molecular complexity index is 269. The highest BCUT2D eigenvalue weighted by Gasteiger charge is 2.31. The lowest BCUT2D eigenvalue weighted by Crippen LogP contribution is -2.54. The molecule has 0 aromatic rings. The predicted octanol–water partition coefficient (Wildman–Crippen LogP) is 0.638. The van der Waals surface area contributed by atoms with Crippen molar-refractivity contribution >= 4 is 5.97 Å². The number of morpholine rings is 1. The largest absolute Gasteiger partial charge is 0.468 e. The molecular weight excluding hydrogens is 232 g/mol. The standard InChI is InChI=1S/C13H26N2O3/c1-5-14-11(12(16)17-4)6-7-15-8-9-18-10-13(15,2)3/h11,14H,5-10H2,1-4H3. The lowest BCUT2D eigenvalue weighted by atomic mass is 10.0. The number of ether oxygens (including phenoxy) is 2. The van der Waals surface area contributed by atoms with E-state index >= 15 is 0 Å². The number of nitrogens with zero attached hydrogens (tertiary/aromatic N) is 1. The van der Waals surface area contributed by atoms with Crippen molar-refractivity contribution in [1.82, 2.24) is 10.2 Å². The molecule has 1 heterocycles. The molecule has 106 valence electrons. The van der Waals surface area contributed by atoms with Gasteiger partial charge in [-0.3, -0.25) is 9.69 Å². The molecule has 0 saturated carbocycles. The van der Waals surface area contributed by atoms with Gasteiger partial charge in [0.25, 0.3) is 0 Å². The predicted molar refractivity (Wildman–Crippen MR) is 70.6 cm³/mol. The number of esters is 1. The number of hydrogen-bond donors (Lipinski definition) is 1. The fourth-order valence-electron chi connectivity index (χ4n) is 2.28. The minimum Gasteiger partial charge on any atom is -0.468 e. The second-order valence-corrected chi connectivity index (χ2v) is 5.27. The molecule has 0 bridgehead atoms. The van der Waals surface area contributed by atoms with Gasteiger partial charge >= 0.3 is 5.97 Å². The fourth-order valence-corrected chi connectivity index (χ4v) is 2.28. The van der Waals surface area contributed by atoms with E-state index in [0.29, 0.717) is 0 Å². The van der Waals surface area contributed by atoms with Gasteiger partial charge in [0.2, 0.25) is 0 Å². The number of hydrogen-bond acceptors (Lipinski definition) is 5. The van der Waals surface area contributed by atoms with Crippen LogP contribution < -0.4 is 5.32 Å². The Balaban J connectivity index is 2.47. The van der Waals surface area contributed by atoms with Crippen LogP contribution in [0.5, 0.6) is 0 Å². The minimum absolute atomic E-state index is 0.0468. The Hall–Kier alpha value is -0.650. The lowest BCUT2D eigenvalue weighted by molar-refractivity contribution is -0.143. The van der Waals surface area contributed by atoms with E-state index < -0.39 is 0 Å². The first kappa shape index (κ1) is 15.4. The maximum absolute atomic E-state index is 11.6. The second-order valence-electron chi connectivity index (χ2n) is 5.27. The number of carbonyl (C=O) groups is 1. The Morgan fingerprint density at radius 2 is 2.28 bits per heavy atom. The Kier molecular flexibility index (Phi) is 6.05. The van der Waals surface area contributed by atoms with Crippen LogP contribution in [0.1, 0.15) is 27.2 Å². The molecule has 0 radical (unpaired) electrons. The third kappa shape index (κ3) is 4.23. The van der Waals surface area contributed by atoms with E-state index in [9.17, 15) is 4.79 Å². The van der Waals surface area contributed by atoms with E-state index in [4.69, 9.17) is 9.47 Å². The molecule has 5 heteroatoms. The number of nitrogens with one attached hydrogen (secondary N) is 1. The van der Waals surface area contributed by atoms with Crippen LogP contribution in [0.15, 0.2) is 0 Å². The maximum atomic E-state index is 11.6. The van der Waals surface area contributed by atoms with Crippen LogP contribution in [-0.2, 0) is 14.3 Å². The van der Waals surface area contributed by atoms with Gasteiger partial charge < -0.3 is 14.8 Å². The molecule has 1 unspecified atom stereocenters. The van der Waals surface area contributed by atoms with Crippen molar-refractivity contribution in [3.63, 3.8) is 0 Å². The SMILES string of the molecule is CCNC(CCN1CCOCC1(C)C)C(=O)OC. The first-order valence-electron chi connectivity index (χ1n) is 6.65. The minimum atomic E-state index is -0.210. The molecule has 1 rings (SSSR count). The normalized spacial score (nSPS) is 21.6. The fraction of sp³-hybridized carbons (Fsp3) is 0.923. The van der Waals surface area contributed by atoms with Crippen molar-refractivity contribution in [2.45, 2.75) is 38.8 Å². The zero-order valence-electron chi connectivity index (χ0n) is 12.0. The molecule has 1 atom stereocenters. The van der Waals surface area contributed by atoms with Gasteiger partial charge in [0, 0.05) is 18.6 Å². The molecule has 5 nitrogen and oxygen atoms in total. The van der Waals surface area contributed by atoms with Gasteiger partial charge in [-0.1, -0.05) is 6.92 Å². The summed E-state index contributed by atoms with van der Waals surface area (Å²) >= 11 is 0. The van der Waals surface area contributed by atoms with Crippen molar-refractivity contribution in [3.8, 4) is 0 Å². The van der Waals surface area contributed by atoms with Crippen molar-refractivity contribution in [2.75, 3.05) is 40.0 Å². The monoisotopic (exact) mass is 258 g/mol. The summed E-state index contributed by atoms with van der Waals surface area (Å²) < 4.78 is 10.3. The third-order valence-corrected chi connectivity index (χ3v) is 3.44. The van der Waals surface area contributed by atoms with Gasteiger partial charge in [-0.15, -0.1) is 0 Å². The number of rotatable bonds is 6. The highest BCUT2D eigenvalue weighted by molar-refractivity contribution is 5.75. The summed E-state index contributed by atoms with van der Waals surface area (Å²) in [6.07, 6.45) is 0.768. The van der Waals surface area contributed by atoms with Gasteiger partial charge in [0.1, 0.15) is 6.04 Å². The van der Waals surface area contributed by atoms with Gasteiger partial charge in [-0.2, -0.15) is 0 Å². The van der Waals surface area contributed by atoms with Crippen molar-refractivity contribution in [2.24, 2.45) is 0 Å². The zero-order chi connectivity index (χ0) is 13.6. The number of carbonyl (C=O) groups excluding carboxylic acids is 1. The molecule has 1 aliphatic rings. The van der Waals surface area contributed by atoms with E-state index in [1.165, 1.54) is 7.11 Å². The number of likely N-dealkylation sites (N-methyl/N-ethyl adjacent to an activating group) is 1. The van der Waals surface area contributed by atoms with Gasteiger partial charge in [-0.25, -0.2) is 0 Å². The first-order valence-corrected chi connectivity index (χ1v) is 6.65. The van der Waals surface area contributed by atoms with Crippen LogP contribution in [0.2, 0.25) is 0 Å². The molecule has 1 saturated heterocycles. The van der Waals surface area contributed by atoms with E-state index in [1.807, 2.05) is 6.92 Å². The van der Waals surface area contributed by atoms with Crippen LogP contribution in [0.3, 0.4) is 0 Å². The number of methoxy groups -OCH3 is 1. The van der Waals surface area contributed by atoms with Gasteiger partial charge in [0.15, 0.2) is 0 Å². The average Bonchev–Trinajstić information content (AvgIpc) is 2.34. The molecule has 0 amide bonds. The van der Waals surface area contributed by atoms with Gasteiger partial charge in [-0.05, 0) is 26.8 Å². The Morgan fingerprint density at radius 3 is 2.83 bits per heavy atom. The highest BCUT2D eigenvalue weighted by Crippen LogP contribution is 2.19. The molecular formula is C13H26N2O3. The van der Waals surface area contributed by atoms with E-state index in [2.05, 4.69) is 24.1 Å². The summed E-state index contributed by atoms with van der Waals surface area (Å²) in [4.78, 5) is 14.0. The summed E-state index contributed by atoms with van der Waals surface area (Å²) in [7, 11) is 1.44. The highest BCUT2D eigenvalue weighted by atomic mass is 16.5. The first-order chi connectivity index (χ1) is 8.51. The van der Waals surface area contributed by atoms with E-state index in [0.717, 1.165) is 39.3 Å². The zero-order valence-corrected chi connectivity index (χ0v) is 12.0. The summed E-state index contributed by atoms with van der Waals surface area (Å²) in [5.41, 5.74) is 0.0468. The second kappa shape index (κ2) is 7.07. The topological polar surface area (TPSA) is 50.8 Å². The molecule has 1 fully saturated rings. The third-order valence-electron chi connectivity index (χ3n) is 3.44. The molecule has 0 aromatic carbocycles. The summed E-state index contributed by atoms with van der Waals surface area (Å²) in [5.74, 6) is -0.178. The Labute approximate surface area is 110 Å². The molecule has 0 aromatic heterocycles. The molecule has 1 aliphatic heterocycles. The van der Waals surface area contributed by atoms with E-state index in [-0.39, 0.29) is 17.6 Å². The van der Waals surface area contributed by atoms with E-state index in [1.54, 1.807) is 0 Å². The van der Waals surface area contributed by atoms with Crippen molar-refractivity contribution < 1.29 is 14.3 Å².